The molecule has 5 nitrogen and oxygen atoms in total. The van der Waals surface area contributed by atoms with Crippen molar-refractivity contribution in [2.75, 3.05) is 39.4 Å². The summed E-state index contributed by atoms with van der Waals surface area (Å²) in [6, 6.07) is 10.3. The van der Waals surface area contributed by atoms with Gasteiger partial charge in [0.25, 0.3) is 0 Å². The lowest BCUT2D eigenvalue weighted by Crippen LogP contribution is -2.44. The van der Waals surface area contributed by atoms with Crippen molar-refractivity contribution >= 4 is 5.91 Å². The zero-order valence-corrected chi connectivity index (χ0v) is 15.0. The topological polar surface area (TPSA) is 53.0 Å². The van der Waals surface area contributed by atoms with Crippen LogP contribution in [0.15, 0.2) is 30.3 Å². The Morgan fingerprint density at radius 1 is 1.16 bits per heavy atom. The first-order chi connectivity index (χ1) is 12.1. The summed E-state index contributed by atoms with van der Waals surface area (Å²) >= 11 is 0. The molecule has 1 saturated carbocycles. The number of amides is 1. The van der Waals surface area contributed by atoms with Crippen molar-refractivity contribution < 1.29 is 14.6 Å². The van der Waals surface area contributed by atoms with Gasteiger partial charge in [-0.15, -0.1) is 0 Å². The number of hydrogen-bond donors (Lipinski definition) is 1. The van der Waals surface area contributed by atoms with E-state index in [0.717, 1.165) is 32.2 Å². The SMILES string of the molecule is O=C(CCN(Cc1ccccc1)CC1(O)CCCC1)N1CCOCC1. The van der Waals surface area contributed by atoms with Gasteiger partial charge in [0.2, 0.25) is 5.91 Å². The van der Waals surface area contributed by atoms with Crippen molar-refractivity contribution in [3.8, 4) is 0 Å². The molecule has 0 bridgehead atoms. The second kappa shape index (κ2) is 8.79. The second-order valence-electron chi connectivity index (χ2n) is 7.37. The van der Waals surface area contributed by atoms with Crippen LogP contribution in [0.1, 0.15) is 37.7 Å². The highest BCUT2D eigenvalue weighted by molar-refractivity contribution is 5.76. The fourth-order valence-electron chi connectivity index (χ4n) is 3.89. The van der Waals surface area contributed by atoms with Gasteiger partial charge in [0.15, 0.2) is 0 Å². The van der Waals surface area contributed by atoms with Gasteiger partial charge in [-0.05, 0) is 18.4 Å². The van der Waals surface area contributed by atoms with Crippen LogP contribution in [0.5, 0.6) is 0 Å². The predicted octanol–water partition coefficient (Wildman–Crippen LogP) is 2.04. The van der Waals surface area contributed by atoms with Gasteiger partial charge in [-0.1, -0.05) is 43.2 Å². The molecule has 1 aliphatic heterocycles. The lowest BCUT2D eigenvalue weighted by Gasteiger charge is -2.32. The Balaban J connectivity index is 1.58. The lowest BCUT2D eigenvalue weighted by molar-refractivity contribution is -0.135. The third-order valence-electron chi connectivity index (χ3n) is 5.31. The van der Waals surface area contributed by atoms with E-state index >= 15 is 0 Å². The molecule has 5 heteroatoms. The normalized spacial score (nSPS) is 20.2. The zero-order chi connectivity index (χ0) is 17.5. The van der Waals surface area contributed by atoms with Gasteiger partial charge in [0.05, 0.1) is 18.8 Å². The number of hydrogen-bond acceptors (Lipinski definition) is 4. The summed E-state index contributed by atoms with van der Waals surface area (Å²) in [4.78, 5) is 16.6. The number of rotatable bonds is 7. The second-order valence-corrected chi connectivity index (χ2v) is 7.37. The number of carbonyl (C=O) groups excluding carboxylic acids is 1. The molecule has 0 atom stereocenters. The van der Waals surface area contributed by atoms with Crippen LogP contribution in [0.4, 0.5) is 0 Å². The first-order valence-corrected chi connectivity index (χ1v) is 9.49. The Kier molecular flexibility index (Phi) is 6.45. The highest BCUT2D eigenvalue weighted by Crippen LogP contribution is 2.30. The molecule has 1 saturated heterocycles. The van der Waals surface area contributed by atoms with E-state index in [4.69, 9.17) is 4.74 Å². The summed E-state index contributed by atoms with van der Waals surface area (Å²) in [7, 11) is 0. The van der Waals surface area contributed by atoms with Crippen LogP contribution in [-0.2, 0) is 16.1 Å². The molecular weight excluding hydrogens is 316 g/mol. The summed E-state index contributed by atoms with van der Waals surface area (Å²) in [5.41, 5.74) is 0.638. The van der Waals surface area contributed by atoms with Gasteiger partial charge < -0.3 is 14.7 Å². The molecule has 1 aliphatic carbocycles. The average Bonchev–Trinajstić information content (AvgIpc) is 3.07. The zero-order valence-electron chi connectivity index (χ0n) is 15.0. The van der Waals surface area contributed by atoms with Crippen molar-refractivity contribution in [2.45, 2.75) is 44.2 Å². The van der Waals surface area contributed by atoms with Crippen LogP contribution in [0.25, 0.3) is 0 Å². The number of morpholine rings is 1. The predicted molar refractivity (Wildman–Crippen MR) is 97.2 cm³/mol. The minimum atomic E-state index is -0.587. The molecule has 138 valence electrons. The molecule has 2 fully saturated rings. The van der Waals surface area contributed by atoms with E-state index < -0.39 is 5.60 Å². The molecule has 0 unspecified atom stereocenters. The summed E-state index contributed by atoms with van der Waals surface area (Å²) in [6.07, 6.45) is 4.44. The van der Waals surface area contributed by atoms with Gasteiger partial charge in [-0.2, -0.15) is 0 Å². The third kappa shape index (κ3) is 5.53. The van der Waals surface area contributed by atoms with Gasteiger partial charge in [0.1, 0.15) is 0 Å². The fraction of sp³-hybridized carbons (Fsp3) is 0.650. The minimum Gasteiger partial charge on any atom is -0.389 e. The Morgan fingerprint density at radius 2 is 1.84 bits per heavy atom. The van der Waals surface area contributed by atoms with Crippen molar-refractivity contribution in [2.24, 2.45) is 0 Å². The molecule has 2 aliphatic rings. The standard InChI is InChI=1S/C20H30N2O3/c23-19(22-12-14-25-15-13-22)8-11-21(16-18-6-2-1-3-7-18)17-20(24)9-4-5-10-20/h1-3,6-7,24H,4-5,8-17H2. The number of benzene rings is 1. The van der Waals surface area contributed by atoms with E-state index in [2.05, 4.69) is 17.0 Å². The van der Waals surface area contributed by atoms with Crippen LogP contribution in [0.2, 0.25) is 0 Å². The highest BCUT2D eigenvalue weighted by Gasteiger charge is 2.33. The van der Waals surface area contributed by atoms with E-state index in [0.29, 0.717) is 45.8 Å². The molecule has 1 amide bonds. The summed E-state index contributed by atoms with van der Waals surface area (Å²) in [5.74, 6) is 0.194. The maximum Gasteiger partial charge on any atom is 0.224 e. The van der Waals surface area contributed by atoms with Gasteiger partial charge in [-0.3, -0.25) is 9.69 Å². The number of nitrogens with zero attached hydrogens (tertiary/aromatic N) is 2. The van der Waals surface area contributed by atoms with Crippen molar-refractivity contribution in [1.29, 1.82) is 0 Å². The van der Waals surface area contributed by atoms with Crippen molar-refractivity contribution in [1.82, 2.24) is 9.80 Å². The molecule has 1 aromatic carbocycles. The number of aliphatic hydroxyl groups is 1. The quantitative estimate of drug-likeness (QED) is 0.821. The molecule has 3 rings (SSSR count). The molecule has 25 heavy (non-hydrogen) atoms. The van der Waals surface area contributed by atoms with Crippen LogP contribution >= 0.6 is 0 Å². The molecule has 0 spiro atoms. The lowest BCUT2D eigenvalue weighted by atomic mass is 10.0. The van der Waals surface area contributed by atoms with Crippen molar-refractivity contribution in [3.63, 3.8) is 0 Å². The molecule has 0 aromatic heterocycles. The Bertz CT molecular complexity index is 537. The van der Waals surface area contributed by atoms with Gasteiger partial charge in [0, 0.05) is 39.1 Å². The van der Waals surface area contributed by atoms with Crippen LogP contribution in [-0.4, -0.2) is 65.8 Å². The first kappa shape index (κ1) is 18.4. The van der Waals surface area contributed by atoms with Crippen LogP contribution in [0.3, 0.4) is 0 Å². The first-order valence-electron chi connectivity index (χ1n) is 9.49. The molecule has 1 heterocycles. The molecule has 0 radical (unpaired) electrons. The number of carbonyl (C=O) groups is 1. The molecule has 1 N–H and O–H groups in total. The molecular formula is C20H30N2O3. The van der Waals surface area contributed by atoms with E-state index in [1.807, 2.05) is 23.1 Å². The van der Waals surface area contributed by atoms with Crippen molar-refractivity contribution in [3.05, 3.63) is 35.9 Å². The maximum absolute atomic E-state index is 12.5. The van der Waals surface area contributed by atoms with Crippen LogP contribution in [0, 0.1) is 0 Å². The van der Waals surface area contributed by atoms with E-state index in [1.165, 1.54) is 5.56 Å². The minimum absolute atomic E-state index is 0.194. The monoisotopic (exact) mass is 346 g/mol. The van der Waals surface area contributed by atoms with Gasteiger partial charge >= 0.3 is 0 Å². The van der Waals surface area contributed by atoms with Crippen LogP contribution < -0.4 is 0 Å². The Morgan fingerprint density at radius 3 is 2.52 bits per heavy atom. The largest absolute Gasteiger partial charge is 0.389 e. The summed E-state index contributed by atoms with van der Waals surface area (Å²) < 4.78 is 5.32. The third-order valence-corrected chi connectivity index (χ3v) is 5.31. The van der Waals surface area contributed by atoms with E-state index in [1.54, 1.807) is 0 Å². The Hall–Kier alpha value is -1.43. The number of ether oxygens (including phenoxy) is 1. The summed E-state index contributed by atoms with van der Waals surface area (Å²) in [5, 5.41) is 10.8. The highest BCUT2D eigenvalue weighted by atomic mass is 16.5. The maximum atomic E-state index is 12.5. The summed E-state index contributed by atoms with van der Waals surface area (Å²) in [6.45, 7) is 4.78. The van der Waals surface area contributed by atoms with E-state index in [-0.39, 0.29) is 5.91 Å². The average molecular weight is 346 g/mol. The van der Waals surface area contributed by atoms with E-state index in [9.17, 15) is 9.90 Å². The smallest absolute Gasteiger partial charge is 0.224 e. The Labute approximate surface area is 150 Å². The molecule has 1 aromatic rings. The fourth-order valence-corrected chi connectivity index (χ4v) is 3.89. The van der Waals surface area contributed by atoms with Gasteiger partial charge in [-0.25, -0.2) is 0 Å².